The number of ether oxygens (including phenoxy) is 1. The van der Waals surface area contributed by atoms with Crippen molar-refractivity contribution in [3.8, 4) is 16.9 Å². The fourth-order valence-corrected chi connectivity index (χ4v) is 4.38. The molecule has 1 unspecified atom stereocenters. The zero-order chi connectivity index (χ0) is 27.8. The van der Waals surface area contributed by atoms with Crippen LogP contribution in [0.4, 0.5) is 15.8 Å². The van der Waals surface area contributed by atoms with E-state index in [0.717, 1.165) is 28.9 Å². The molecule has 0 saturated heterocycles. The summed E-state index contributed by atoms with van der Waals surface area (Å²) in [7, 11) is 1.78. The quantitative estimate of drug-likeness (QED) is 0.181. The highest BCUT2D eigenvalue weighted by atomic mass is 19.1. The topological polar surface area (TPSA) is 88.5 Å². The predicted octanol–water partition coefficient (Wildman–Crippen LogP) is 5.33. The zero-order valence-corrected chi connectivity index (χ0v) is 22.2. The second-order valence-corrected chi connectivity index (χ2v) is 9.01. The van der Waals surface area contributed by atoms with E-state index in [9.17, 15) is 14.0 Å². The molecule has 0 saturated carbocycles. The lowest BCUT2D eigenvalue weighted by Gasteiger charge is -2.28. The maximum Gasteiger partial charge on any atom is 0.212 e. The molecule has 8 nitrogen and oxygen atoms in total. The second kappa shape index (κ2) is 12.8. The van der Waals surface area contributed by atoms with Crippen molar-refractivity contribution in [2.24, 2.45) is 0 Å². The van der Waals surface area contributed by atoms with Crippen LogP contribution in [-0.4, -0.2) is 47.7 Å². The summed E-state index contributed by atoms with van der Waals surface area (Å²) >= 11 is 0. The van der Waals surface area contributed by atoms with Crippen LogP contribution in [0.3, 0.4) is 0 Å². The zero-order valence-electron chi connectivity index (χ0n) is 22.2. The summed E-state index contributed by atoms with van der Waals surface area (Å²) in [6.07, 6.45) is 3.10. The van der Waals surface area contributed by atoms with Gasteiger partial charge in [0.1, 0.15) is 11.5 Å². The molecule has 0 fully saturated rings. The molecule has 0 aliphatic rings. The van der Waals surface area contributed by atoms with Gasteiger partial charge in [-0.2, -0.15) is 5.10 Å². The van der Waals surface area contributed by atoms with Crippen molar-refractivity contribution in [1.82, 2.24) is 14.7 Å². The maximum absolute atomic E-state index is 13.7. The van der Waals surface area contributed by atoms with Gasteiger partial charge in [-0.3, -0.25) is 9.59 Å². The number of benzene rings is 3. The fraction of sp³-hybridized carbons (Fsp3) is 0.233. The molecule has 0 radical (unpaired) electrons. The standard InChI is InChI=1S/C30H32FN5O3/c1-4-39-30(35(20-38)16-15-22-7-14-27(33-19-37)28(17-22)32-3)26-18-36(25-12-5-21(2)6-13-25)34-29(26)23-8-10-24(31)11-9-23/h5-14,17-20,30,32H,4,15-16H2,1-3H3,(H,33,37). The van der Waals surface area contributed by atoms with E-state index in [-0.39, 0.29) is 5.82 Å². The molecule has 9 heteroatoms. The Bertz CT molecular complexity index is 1400. The van der Waals surface area contributed by atoms with Crippen molar-refractivity contribution >= 4 is 24.2 Å². The highest BCUT2D eigenvalue weighted by Crippen LogP contribution is 2.33. The molecule has 4 rings (SSSR count). The van der Waals surface area contributed by atoms with Gasteiger partial charge in [0, 0.05) is 37.5 Å². The van der Waals surface area contributed by atoms with Gasteiger partial charge in [-0.05, 0) is 74.4 Å². The number of rotatable bonds is 13. The summed E-state index contributed by atoms with van der Waals surface area (Å²) in [6.45, 7) is 4.62. The van der Waals surface area contributed by atoms with Crippen LogP contribution in [0.15, 0.2) is 72.9 Å². The minimum Gasteiger partial charge on any atom is -0.386 e. The van der Waals surface area contributed by atoms with E-state index in [4.69, 9.17) is 9.84 Å². The first-order valence-electron chi connectivity index (χ1n) is 12.7. The van der Waals surface area contributed by atoms with Crippen LogP contribution in [0.25, 0.3) is 16.9 Å². The van der Waals surface area contributed by atoms with Gasteiger partial charge in [0.05, 0.1) is 17.1 Å². The normalized spacial score (nSPS) is 11.6. The SMILES string of the molecule is CCOC(c1cn(-c2ccc(C)cc2)nc1-c1ccc(F)cc1)N(C=O)CCc1ccc(NC=O)c(NC)c1. The van der Waals surface area contributed by atoms with Gasteiger partial charge in [-0.25, -0.2) is 9.07 Å². The Hall–Kier alpha value is -4.50. The van der Waals surface area contributed by atoms with Crippen LogP contribution in [0.1, 0.15) is 29.8 Å². The summed E-state index contributed by atoms with van der Waals surface area (Å²) < 4.78 is 21.6. The average molecular weight is 530 g/mol. The van der Waals surface area contributed by atoms with Crippen LogP contribution >= 0.6 is 0 Å². The molecule has 202 valence electrons. The number of aryl methyl sites for hydroxylation is 1. The number of halogens is 1. The lowest BCUT2D eigenvalue weighted by molar-refractivity contribution is -0.133. The van der Waals surface area contributed by atoms with Gasteiger partial charge in [-0.1, -0.05) is 23.8 Å². The third-order valence-corrected chi connectivity index (χ3v) is 6.41. The van der Waals surface area contributed by atoms with Crippen LogP contribution in [0, 0.1) is 12.7 Å². The van der Waals surface area contributed by atoms with Gasteiger partial charge in [0.2, 0.25) is 12.8 Å². The molecule has 2 N–H and O–H groups in total. The predicted molar refractivity (Wildman–Crippen MR) is 150 cm³/mol. The number of amides is 2. The van der Waals surface area contributed by atoms with Gasteiger partial charge >= 0.3 is 0 Å². The Morgan fingerprint density at radius 1 is 1.05 bits per heavy atom. The summed E-state index contributed by atoms with van der Waals surface area (Å²) in [5.74, 6) is -0.343. The van der Waals surface area contributed by atoms with E-state index in [1.54, 1.807) is 28.8 Å². The van der Waals surface area contributed by atoms with E-state index in [1.807, 2.05) is 62.5 Å². The van der Waals surface area contributed by atoms with Crippen molar-refractivity contribution < 1.29 is 18.7 Å². The van der Waals surface area contributed by atoms with Gasteiger partial charge in [0.15, 0.2) is 6.23 Å². The Kier molecular flexibility index (Phi) is 9.06. The van der Waals surface area contributed by atoms with Crippen molar-refractivity contribution in [2.75, 3.05) is 30.8 Å². The Balaban J connectivity index is 1.69. The molecule has 1 heterocycles. The van der Waals surface area contributed by atoms with Crippen molar-refractivity contribution in [3.05, 3.63) is 95.4 Å². The van der Waals surface area contributed by atoms with Gasteiger partial charge < -0.3 is 20.3 Å². The Labute approximate surface area is 227 Å². The van der Waals surface area contributed by atoms with Crippen molar-refractivity contribution in [2.45, 2.75) is 26.5 Å². The lowest BCUT2D eigenvalue weighted by atomic mass is 10.1. The molecule has 0 spiro atoms. The second-order valence-electron chi connectivity index (χ2n) is 9.01. The summed E-state index contributed by atoms with van der Waals surface area (Å²) in [6, 6.07) is 19.7. The number of nitrogens with one attached hydrogen (secondary N) is 2. The highest BCUT2D eigenvalue weighted by molar-refractivity contribution is 5.81. The van der Waals surface area contributed by atoms with Crippen molar-refractivity contribution in [1.29, 1.82) is 0 Å². The summed E-state index contributed by atoms with van der Waals surface area (Å²) in [5.41, 5.74) is 6.41. The molecule has 0 aliphatic heterocycles. The number of nitrogens with zero attached hydrogens (tertiary/aromatic N) is 3. The number of aromatic nitrogens is 2. The highest BCUT2D eigenvalue weighted by Gasteiger charge is 2.26. The average Bonchev–Trinajstić information content (AvgIpc) is 3.39. The van der Waals surface area contributed by atoms with Crippen LogP contribution in [0.5, 0.6) is 0 Å². The first-order chi connectivity index (χ1) is 19.0. The van der Waals surface area contributed by atoms with Crippen LogP contribution < -0.4 is 10.6 Å². The molecule has 3 aromatic carbocycles. The number of carbonyl (C=O) groups excluding carboxylic acids is 2. The molecule has 0 aliphatic carbocycles. The Morgan fingerprint density at radius 2 is 1.79 bits per heavy atom. The molecule has 4 aromatic rings. The first-order valence-corrected chi connectivity index (χ1v) is 12.7. The monoisotopic (exact) mass is 529 g/mol. The van der Waals surface area contributed by atoms with Gasteiger partial charge in [-0.15, -0.1) is 0 Å². The minimum atomic E-state index is -0.716. The molecule has 2 amide bonds. The largest absolute Gasteiger partial charge is 0.386 e. The first kappa shape index (κ1) is 27.5. The molecule has 1 aromatic heterocycles. The van der Waals surface area contributed by atoms with Crippen molar-refractivity contribution in [3.63, 3.8) is 0 Å². The number of carbonyl (C=O) groups is 2. The number of hydrogen-bond acceptors (Lipinski definition) is 5. The molecular formula is C30H32FN5O3. The molecular weight excluding hydrogens is 497 g/mol. The summed E-state index contributed by atoms with van der Waals surface area (Å²) in [4.78, 5) is 24.9. The minimum absolute atomic E-state index is 0.343. The van der Waals surface area contributed by atoms with E-state index in [0.29, 0.717) is 48.5 Å². The molecule has 1 atom stereocenters. The van der Waals surface area contributed by atoms with E-state index < -0.39 is 6.23 Å². The molecule has 39 heavy (non-hydrogen) atoms. The van der Waals surface area contributed by atoms with Crippen LogP contribution in [-0.2, 0) is 20.7 Å². The number of hydrogen-bond donors (Lipinski definition) is 2. The number of anilines is 2. The Morgan fingerprint density at radius 3 is 2.44 bits per heavy atom. The lowest BCUT2D eigenvalue weighted by Crippen LogP contribution is -2.31. The van der Waals surface area contributed by atoms with E-state index in [2.05, 4.69) is 10.6 Å². The third kappa shape index (κ3) is 6.50. The fourth-order valence-electron chi connectivity index (χ4n) is 4.38. The van der Waals surface area contributed by atoms with Gasteiger partial charge in [0.25, 0.3) is 0 Å². The third-order valence-electron chi connectivity index (χ3n) is 6.41. The molecule has 0 bridgehead atoms. The maximum atomic E-state index is 13.7. The summed E-state index contributed by atoms with van der Waals surface area (Å²) in [5, 5.41) is 10.6. The van der Waals surface area contributed by atoms with E-state index in [1.165, 1.54) is 12.1 Å². The smallest absolute Gasteiger partial charge is 0.212 e. The van der Waals surface area contributed by atoms with Crippen LogP contribution in [0.2, 0.25) is 0 Å². The van der Waals surface area contributed by atoms with E-state index >= 15 is 0 Å².